The van der Waals surface area contributed by atoms with Crippen molar-refractivity contribution >= 4 is 33.7 Å². The van der Waals surface area contributed by atoms with Crippen LogP contribution in [-0.2, 0) is 4.74 Å². The smallest absolute Gasteiger partial charge is 0.337 e. The number of H-pyrrole nitrogens is 2. The molecule has 0 bridgehead atoms. The number of nitrogens with one attached hydrogen (secondary N) is 2. The Kier molecular flexibility index (Phi) is 4.52. The van der Waals surface area contributed by atoms with E-state index in [4.69, 9.17) is 5.11 Å². The van der Waals surface area contributed by atoms with Crippen molar-refractivity contribution in [2.45, 2.75) is 0 Å². The van der Waals surface area contributed by atoms with Crippen molar-refractivity contribution in [3.05, 3.63) is 72.1 Å². The molecule has 0 amide bonds. The van der Waals surface area contributed by atoms with Crippen molar-refractivity contribution in [3.8, 4) is 0 Å². The van der Waals surface area contributed by atoms with Gasteiger partial charge in [0.05, 0.1) is 18.2 Å². The quantitative estimate of drug-likeness (QED) is 0.485. The summed E-state index contributed by atoms with van der Waals surface area (Å²) in [5, 5.41) is 10.8. The molecule has 3 N–H and O–H groups in total. The maximum absolute atomic E-state index is 11.1. The van der Waals surface area contributed by atoms with E-state index in [9.17, 15) is 9.59 Å². The van der Waals surface area contributed by atoms with E-state index in [0.717, 1.165) is 21.8 Å². The van der Waals surface area contributed by atoms with E-state index in [1.807, 2.05) is 24.4 Å². The topological polar surface area (TPSA) is 95.2 Å². The molecule has 126 valence electrons. The summed E-state index contributed by atoms with van der Waals surface area (Å²) in [7, 11) is 1.38. The number of carbonyl (C=O) groups excluding carboxylic acids is 1. The van der Waals surface area contributed by atoms with Crippen LogP contribution in [0.25, 0.3) is 21.8 Å². The molecule has 2 aromatic carbocycles. The molecule has 0 spiro atoms. The first-order valence-electron chi connectivity index (χ1n) is 7.54. The van der Waals surface area contributed by atoms with Crippen LogP contribution >= 0.6 is 0 Å². The molecule has 6 nitrogen and oxygen atoms in total. The number of carboxylic acid groups (broad SMARTS) is 1. The normalized spacial score (nSPS) is 10.3. The van der Waals surface area contributed by atoms with E-state index >= 15 is 0 Å². The number of carbonyl (C=O) groups is 2. The second kappa shape index (κ2) is 6.92. The van der Waals surface area contributed by atoms with Crippen LogP contribution in [-0.4, -0.2) is 34.1 Å². The van der Waals surface area contributed by atoms with Crippen LogP contribution < -0.4 is 0 Å². The third-order valence-corrected chi connectivity index (χ3v) is 3.78. The van der Waals surface area contributed by atoms with Gasteiger partial charge in [-0.15, -0.1) is 0 Å². The second-order valence-corrected chi connectivity index (χ2v) is 5.36. The Morgan fingerprint density at radius 3 is 1.88 bits per heavy atom. The maximum Gasteiger partial charge on any atom is 0.337 e. The van der Waals surface area contributed by atoms with Gasteiger partial charge >= 0.3 is 11.9 Å². The lowest BCUT2D eigenvalue weighted by molar-refractivity contribution is 0.0600. The molecular weight excluding hydrogens is 320 g/mol. The van der Waals surface area contributed by atoms with Crippen LogP contribution in [0.2, 0.25) is 0 Å². The molecule has 0 unspecified atom stereocenters. The summed E-state index contributed by atoms with van der Waals surface area (Å²) < 4.78 is 4.61. The van der Waals surface area contributed by atoms with Gasteiger partial charge in [0.15, 0.2) is 0 Å². The van der Waals surface area contributed by atoms with Crippen LogP contribution in [0.1, 0.15) is 20.7 Å². The van der Waals surface area contributed by atoms with E-state index < -0.39 is 5.97 Å². The van der Waals surface area contributed by atoms with E-state index in [-0.39, 0.29) is 5.97 Å². The van der Waals surface area contributed by atoms with E-state index in [1.165, 1.54) is 7.11 Å². The highest BCUT2D eigenvalue weighted by Crippen LogP contribution is 2.15. The number of methoxy groups -OCH3 is 1. The van der Waals surface area contributed by atoms with Gasteiger partial charge in [0.2, 0.25) is 0 Å². The van der Waals surface area contributed by atoms with Crippen molar-refractivity contribution in [2.75, 3.05) is 7.11 Å². The standard InChI is InChI=1S/C10H9NO2.C9H7NO2/c1-13-10(12)8-3-2-7-4-5-11-9(7)6-8;11-9(12)7-2-1-6-3-4-10-8(6)5-7/h2-6,11H,1H3;1-5,10H,(H,11,12). The van der Waals surface area contributed by atoms with Gasteiger partial charge in [0, 0.05) is 23.4 Å². The number of hydrogen-bond donors (Lipinski definition) is 3. The number of aromatic nitrogens is 2. The van der Waals surface area contributed by atoms with Crippen LogP contribution in [0.4, 0.5) is 0 Å². The second-order valence-electron chi connectivity index (χ2n) is 5.36. The molecule has 0 saturated heterocycles. The molecule has 0 radical (unpaired) electrons. The highest BCUT2D eigenvalue weighted by molar-refractivity contribution is 5.94. The van der Waals surface area contributed by atoms with Crippen molar-refractivity contribution < 1.29 is 19.4 Å². The lowest BCUT2D eigenvalue weighted by atomic mass is 10.2. The Morgan fingerprint density at radius 2 is 1.36 bits per heavy atom. The summed E-state index contributed by atoms with van der Waals surface area (Å²) in [4.78, 5) is 27.7. The van der Waals surface area contributed by atoms with Gasteiger partial charge in [-0.25, -0.2) is 9.59 Å². The number of fused-ring (bicyclic) bond motifs is 2. The largest absolute Gasteiger partial charge is 0.478 e. The fourth-order valence-corrected chi connectivity index (χ4v) is 2.47. The molecule has 4 rings (SSSR count). The number of carboxylic acids is 1. The van der Waals surface area contributed by atoms with Gasteiger partial charge in [-0.05, 0) is 47.2 Å². The first kappa shape index (κ1) is 16.3. The average molecular weight is 336 g/mol. The maximum atomic E-state index is 11.1. The predicted molar refractivity (Wildman–Crippen MR) is 94.9 cm³/mol. The third-order valence-electron chi connectivity index (χ3n) is 3.78. The fraction of sp³-hybridized carbons (Fsp3) is 0.0526. The number of esters is 1. The third kappa shape index (κ3) is 3.53. The number of aromatic carboxylic acids is 1. The van der Waals surface area contributed by atoms with Gasteiger partial charge in [-0.1, -0.05) is 12.1 Å². The lowest BCUT2D eigenvalue weighted by Gasteiger charge is -1.98. The summed E-state index contributed by atoms with van der Waals surface area (Å²) in [5.41, 5.74) is 2.68. The molecule has 0 aliphatic rings. The van der Waals surface area contributed by atoms with Gasteiger partial charge in [0.25, 0.3) is 0 Å². The molecule has 4 aromatic rings. The molecule has 6 heteroatoms. The highest BCUT2D eigenvalue weighted by Gasteiger charge is 2.05. The van der Waals surface area contributed by atoms with Gasteiger partial charge in [0.1, 0.15) is 0 Å². The molecule has 0 saturated carbocycles. The monoisotopic (exact) mass is 336 g/mol. The zero-order valence-electron chi connectivity index (χ0n) is 13.4. The van der Waals surface area contributed by atoms with Crippen molar-refractivity contribution in [1.82, 2.24) is 9.97 Å². The van der Waals surface area contributed by atoms with Crippen LogP contribution in [0.15, 0.2) is 60.9 Å². The molecule has 2 heterocycles. The molecule has 0 atom stereocenters. The van der Waals surface area contributed by atoms with Crippen LogP contribution in [0.3, 0.4) is 0 Å². The number of aromatic amines is 2. The number of hydrogen-bond acceptors (Lipinski definition) is 3. The summed E-state index contributed by atoms with van der Waals surface area (Å²) in [6.07, 6.45) is 3.63. The molecule has 0 aliphatic carbocycles. The predicted octanol–water partition coefficient (Wildman–Crippen LogP) is 3.82. The number of ether oxygens (including phenoxy) is 1. The van der Waals surface area contributed by atoms with Gasteiger partial charge < -0.3 is 19.8 Å². The van der Waals surface area contributed by atoms with Crippen molar-refractivity contribution in [2.24, 2.45) is 0 Å². The first-order chi connectivity index (χ1) is 12.1. The highest BCUT2D eigenvalue weighted by atomic mass is 16.5. The lowest BCUT2D eigenvalue weighted by Crippen LogP contribution is -2.00. The minimum Gasteiger partial charge on any atom is -0.478 e. The van der Waals surface area contributed by atoms with E-state index in [0.29, 0.717) is 11.1 Å². The molecular formula is C19H16N2O4. The molecule has 0 fully saturated rings. The van der Waals surface area contributed by atoms with E-state index in [1.54, 1.807) is 36.5 Å². The number of benzene rings is 2. The molecule has 2 aromatic heterocycles. The van der Waals surface area contributed by atoms with Crippen molar-refractivity contribution in [1.29, 1.82) is 0 Å². The van der Waals surface area contributed by atoms with E-state index in [2.05, 4.69) is 14.7 Å². The SMILES string of the molecule is COC(=O)c1ccc2cc[nH]c2c1.O=C(O)c1ccc2cc[nH]c2c1. The van der Waals surface area contributed by atoms with Crippen molar-refractivity contribution in [3.63, 3.8) is 0 Å². The van der Waals surface area contributed by atoms with Crippen LogP contribution in [0, 0.1) is 0 Å². The molecule has 0 aliphatic heterocycles. The summed E-state index contributed by atoms with van der Waals surface area (Å²) in [6.45, 7) is 0. The zero-order chi connectivity index (χ0) is 17.8. The Balaban J connectivity index is 0.000000146. The van der Waals surface area contributed by atoms with Crippen LogP contribution in [0.5, 0.6) is 0 Å². The number of rotatable bonds is 2. The summed E-state index contributed by atoms with van der Waals surface area (Å²) in [5.74, 6) is -1.21. The summed E-state index contributed by atoms with van der Waals surface area (Å²) >= 11 is 0. The minimum atomic E-state index is -0.897. The average Bonchev–Trinajstić information content (AvgIpc) is 3.28. The first-order valence-corrected chi connectivity index (χ1v) is 7.54. The Morgan fingerprint density at radius 1 is 0.840 bits per heavy atom. The van der Waals surface area contributed by atoms with Gasteiger partial charge in [-0.2, -0.15) is 0 Å². The Hall–Kier alpha value is -3.54. The Bertz CT molecular complexity index is 1050. The van der Waals surface area contributed by atoms with Gasteiger partial charge in [-0.3, -0.25) is 0 Å². The molecule has 25 heavy (non-hydrogen) atoms. The Labute approximate surface area is 143 Å². The zero-order valence-corrected chi connectivity index (χ0v) is 13.4. The minimum absolute atomic E-state index is 0.309. The summed E-state index contributed by atoms with van der Waals surface area (Å²) in [6, 6.07) is 14.3. The fourth-order valence-electron chi connectivity index (χ4n) is 2.47.